The number of hydrogen-bond donors (Lipinski definition) is 2. The summed E-state index contributed by atoms with van der Waals surface area (Å²) in [6.45, 7) is 0. The van der Waals surface area contributed by atoms with Gasteiger partial charge in [-0.2, -0.15) is 11.3 Å². The predicted octanol–water partition coefficient (Wildman–Crippen LogP) is 3.89. The molecular weight excluding hydrogens is 279 g/mol. The number of carbonyl (C=O) groups is 1. The van der Waals surface area contributed by atoms with Gasteiger partial charge in [0.05, 0.1) is 21.3 Å². The van der Waals surface area contributed by atoms with Gasteiger partial charge in [-0.1, -0.05) is 23.2 Å². The number of carbonyl (C=O) groups excluding carboxylic acids is 1. The van der Waals surface area contributed by atoms with Gasteiger partial charge in [0.1, 0.15) is 0 Å². The van der Waals surface area contributed by atoms with Crippen molar-refractivity contribution in [2.45, 2.75) is 0 Å². The van der Waals surface area contributed by atoms with Gasteiger partial charge in [-0.25, -0.2) is 0 Å². The van der Waals surface area contributed by atoms with Crippen molar-refractivity contribution in [3.8, 4) is 0 Å². The van der Waals surface area contributed by atoms with E-state index in [0.29, 0.717) is 27.0 Å². The number of nitrogens with two attached hydrogens (primary N) is 1. The molecule has 1 amide bonds. The van der Waals surface area contributed by atoms with Crippen molar-refractivity contribution in [3.05, 3.63) is 44.6 Å². The summed E-state index contributed by atoms with van der Waals surface area (Å²) in [5.41, 5.74) is 7.02. The lowest BCUT2D eigenvalue weighted by atomic mass is 10.2. The van der Waals surface area contributed by atoms with Gasteiger partial charge in [0.2, 0.25) is 0 Å². The Balaban J connectivity index is 2.22. The Labute approximate surface area is 112 Å². The number of rotatable bonds is 2. The van der Waals surface area contributed by atoms with Crippen molar-refractivity contribution in [1.29, 1.82) is 0 Å². The predicted molar refractivity (Wildman–Crippen MR) is 73.1 cm³/mol. The molecule has 1 aromatic heterocycles. The molecule has 2 rings (SSSR count). The van der Waals surface area contributed by atoms with Crippen molar-refractivity contribution in [2.75, 3.05) is 11.1 Å². The minimum absolute atomic E-state index is 0.205. The van der Waals surface area contributed by atoms with E-state index in [1.807, 2.05) is 5.38 Å². The zero-order valence-electron chi connectivity index (χ0n) is 8.54. The molecule has 0 spiro atoms. The number of thiophene rings is 1. The monoisotopic (exact) mass is 286 g/mol. The highest BCUT2D eigenvalue weighted by molar-refractivity contribution is 7.08. The van der Waals surface area contributed by atoms with Crippen LogP contribution in [0.2, 0.25) is 10.0 Å². The first-order valence-corrected chi connectivity index (χ1v) is 6.36. The molecule has 17 heavy (non-hydrogen) atoms. The summed E-state index contributed by atoms with van der Waals surface area (Å²) in [5.74, 6) is -0.205. The van der Waals surface area contributed by atoms with Crippen LogP contribution in [0, 0.1) is 0 Å². The Morgan fingerprint density at radius 3 is 2.47 bits per heavy atom. The third-order valence-corrected chi connectivity index (χ3v) is 3.43. The number of nitrogens with one attached hydrogen (secondary N) is 1. The van der Waals surface area contributed by atoms with Gasteiger partial charge in [-0.05, 0) is 23.6 Å². The average Bonchev–Trinajstić information content (AvgIpc) is 2.79. The highest BCUT2D eigenvalue weighted by Gasteiger charge is 2.09. The van der Waals surface area contributed by atoms with Crippen molar-refractivity contribution in [2.24, 2.45) is 0 Å². The van der Waals surface area contributed by atoms with Crippen LogP contribution in [-0.2, 0) is 0 Å². The van der Waals surface area contributed by atoms with Crippen LogP contribution in [0.1, 0.15) is 10.4 Å². The van der Waals surface area contributed by atoms with Crippen LogP contribution in [-0.4, -0.2) is 5.91 Å². The first-order valence-electron chi connectivity index (χ1n) is 4.66. The van der Waals surface area contributed by atoms with E-state index in [-0.39, 0.29) is 5.91 Å². The molecule has 1 aromatic carbocycles. The van der Waals surface area contributed by atoms with E-state index in [1.54, 1.807) is 23.6 Å². The van der Waals surface area contributed by atoms with Crippen LogP contribution in [0.15, 0.2) is 29.0 Å². The molecule has 2 aromatic rings. The number of amides is 1. The Bertz CT molecular complexity index is 532. The van der Waals surface area contributed by atoms with Crippen LogP contribution in [0.3, 0.4) is 0 Å². The number of benzene rings is 1. The first kappa shape index (κ1) is 12.2. The Morgan fingerprint density at radius 2 is 1.94 bits per heavy atom. The summed E-state index contributed by atoms with van der Waals surface area (Å²) in [7, 11) is 0. The van der Waals surface area contributed by atoms with E-state index in [0.717, 1.165) is 0 Å². The molecule has 1 heterocycles. The van der Waals surface area contributed by atoms with Crippen LogP contribution in [0.5, 0.6) is 0 Å². The number of hydrogen-bond acceptors (Lipinski definition) is 3. The molecule has 0 aliphatic carbocycles. The van der Waals surface area contributed by atoms with E-state index < -0.39 is 0 Å². The summed E-state index contributed by atoms with van der Waals surface area (Å²) >= 11 is 13.2. The highest BCUT2D eigenvalue weighted by atomic mass is 35.5. The summed E-state index contributed by atoms with van der Waals surface area (Å²) in [6, 6.07) is 4.86. The molecule has 0 unspecified atom stereocenters. The number of nitrogen functional groups attached to an aromatic ring is 1. The largest absolute Gasteiger partial charge is 0.396 e. The van der Waals surface area contributed by atoms with E-state index in [4.69, 9.17) is 28.9 Å². The number of anilines is 2. The van der Waals surface area contributed by atoms with Crippen LogP contribution in [0.4, 0.5) is 11.4 Å². The molecule has 6 heteroatoms. The fourth-order valence-corrected chi connectivity index (χ4v) is 2.38. The molecule has 0 aliphatic heterocycles. The van der Waals surface area contributed by atoms with Crippen molar-refractivity contribution < 1.29 is 4.79 Å². The third-order valence-electron chi connectivity index (χ3n) is 2.12. The van der Waals surface area contributed by atoms with Gasteiger partial charge in [-0.3, -0.25) is 4.79 Å². The Hall–Kier alpha value is -1.23. The van der Waals surface area contributed by atoms with Gasteiger partial charge >= 0.3 is 0 Å². The topological polar surface area (TPSA) is 55.1 Å². The molecule has 0 bridgehead atoms. The molecule has 0 saturated heterocycles. The molecule has 0 radical (unpaired) electrons. The second-order valence-corrected chi connectivity index (χ2v) is 4.91. The second-order valence-electron chi connectivity index (χ2n) is 3.32. The second kappa shape index (κ2) is 4.96. The van der Waals surface area contributed by atoms with E-state index in [9.17, 15) is 4.79 Å². The lowest BCUT2D eigenvalue weighted by Crippen LogP contribution is -2.10. The van der Waals surface area contributed by atoms with E-state index in [1.165, 1.54) is 11.3 Å². The van der Waals surface area contributed by atoms with Crippen LogP contribution in [0.25, 0.3) is 0 Å². The quantitative estimate of drug-likeness (QED) is 0.823. The van der Waals surface area contributed by atoms with Crippen molar-refractivity contribution >= 4 is 51.8 Å². The van der Waals surface area contributed by atoms with E-state index >= 15 is 0 Å². The maximum absolute atomic E-state index is 11.8. The minimum Gasteiger partial charge on any atom is -0.396 e. The van der Waals surface area contributed by atoms with Gasteiger partial charge < -0.3 is 11.1 Å². The zero-order chi connectivity index (χ0) is 12.4. The molecule has 3 N–H and O–H groups in total. The smallest absolute Gasteiger partial charge is 0.256 e. The summed E-state index contributed by atoms with van der Waals surface area (Å²) in [5, 5.41) is 6.92. The normalized spacial score (nSPS) is 10.2. The number of halogens is 2. The molecule has 0 atom stereocenters. The Morgan fingerprint density at radius 1 is 1.29 bits per heavy atom. The highest BCUT2D eigenvalue weighted by Crippen LogP contribution is 2.31. The third kappa shape index (κ3) is 2.72. The maximum atomic E-state index is 11.8. The fraction of sp³-hybridized carbons (Fsp3) is 0. The van der Waals surface area contributed by atoms with Crippen LogP contribution >= 0.6 is 34.5 Å². The van der Waals surface area contributed by atoms with Crippen molar-refractivity contribution in [1.82, 2.24) is 0 Å². The summed E-state index contributed by atoms with van der Waals surface area (Å²) in [6.07, 6.45) is 0. The molecule has 0 aliphatic rings. The molecule has 3 nitrogen and oxygen atoms in total. The molecule has 0 fully saturated rings. The summed E-state index contributed by atoms with van der Waals surface area (Å²) in [4.78, 5) is 11.8. The average molecular weight is 287 g/mol. The lowest BCUT2D eigenvalue weighted by molar-refractivity contribution is 0.102. The standard InChI is InChI=1S/C11H8Cl2N2OS/c12-8-3-7(4-9(13)10(8)14)15-11(16)6-1-2-17-5-6/h1-5H,14H2,(H,15,16). The van der Waals surface area contributed by atoms with E-state index in [2.05, 4.69) is 5.32 Å². The lowest BCUT2D eigenvalue weighted by Gasteiger charge is -2.07. The summed E-state index contributed by atoms with van der Waals surface area (Å²) < 4.78 is 0. The zero-order valence-corrected chi connectivity index (χ0v) is 10.9. The molecule has 88 valence electrons. The van der Waals surface area contributed by atoms with Gasteiger partial charge in [0.15, 0.2) is 0 Å². The maximum Gasteiger partial charge on any atom is 0.256 e. The molecular formula is C11H8Cl2N2OS. The van der Waals surface area contributed by atoms with Gasteiger partial charge in [-0.15, -0.1) is 0 Å². The molecule has 0 saturated carbocycles. The fourth-order valence-electron chi connectivity index (χ4n) is 1.25. The van der Waals surface area contributed by atoms with Crippen LogP contribution < -0.4 is 11.1 Å². The van der Waals surface area contributed by atoms with Gasteiger partial charge in [0.25, 0.3) is 5.91 Å². The minimum atomic E-state index is -0.205. The van der Waals surface area contributed by atoms with Gasteiger partial charge in [0, 0.05) is 11.1 Å². The Kier molecular flexibility index (Phi) is 3.57. The SMILES string of the molecule is Nc1c(Cl)cc(NC(=O)c2ccsc2)cc1Cl. The first-order chi connectivity index (χ1) is 8.08. The van der Waals surface area contributed by atoms with Crippen molar-refractivity contribution in [3.63, 3.8) is 0 Å².